The summed E-state index contributed by atoms with van der Waals surface area (Å²) >= 11 is 1.15. The van der Waals surface area contributed by atoms with Crippen LogP contribution in [0.15, 0.2) is 20.2 Å². The first-order valence-corrected chi connectivity index (χ1v) is 13.3. The molecule has 170 valence electrons. The maximum Gasteiger partial charge on any atom is 0.252 e. The molecule has 31 heavy (non-hydrogen) atoms. The van der Waals surface area contributed by atoms with E-state index >= 15 is 0 Å². The molecule has 1 saturated heterocycles. The molecule has 10 heteroatoms. The number of piperidine rings is 1. The number of nitrogens with one attached hydrogen (secondary N) is 1. The zero-order valence-electron chi connectivity index (χ0n) is 18.3. The Morgan fingerprint density at radius 1 is 1.32 bits per heavy atom. The summed E-state index contributed by atoms with van der Waals surface area (Å²) in [7, 11) is -3.68. The van der Waals surface area contributed by atoms with E-state index in [9.17, 15) is 13.2 Å². The van der Waals surface area contributed by atoms with Gasteiger partial charge in [0.15, 0.2) is 0 Å². The van der Waals surface area contributed by atoms with Crippen LogP contribution in [0.2, 0.25) is 0 Å². The largest absolute Gasteiger partial charge is 0.351 e. The SMILES string of the molecule is CCC(C)(C)NC(=O)C1CCCN(S(=O)(=O)c2cc(-c3noc(C4CCC4)n3)cs2)C1. The van der Waals surface area contributed by atoms with Crippen LogP contribution in [0.4, 0.5) is 0 Å². The lowest BCUT2D eigenvalue weighted by atomic mass is 9.85. The second-order valence-corrected chi connectivity index (χ2v) is 12.2. The van der Waals surface area contributed by atoms with E-state index in [0.717, 1.165) is 30.6 Å². The molecule has 2 fully saturated rings. The molecule has 0 aromatic carbocycles. The molecule has 1 aliphatic carbocycles. The van der Waals surface area contributed by atoms with Gasteiger partial charge in [0.05, 0.1) is 5.92 Å². The van der Waals surface area contributed by atoms with Gasteiger partial charge in [-0.05, 0) is 52.0 Å². The fraction of sp³-hybridized carbons (Fsp3) is 0.667. The third-order valence-corrected chi connectivity index (χ3v) is 9.70. The van der Waals surface area contributed by atoms with Gasteiger partial charge in [0, 0.05) is 35.5 Å². The number of rotatable bonds is 7. The van der Waals surface area contributed by atoms with Crippen molar-refractivity contribution < 1.29 is 17.7 Å². The number of hydrogen-bond donors (Lipinski definition) is 1. The molecule has 8 nitrogen and oxygen atoms in total. The molecule has 1 saturated carbocycles. The maximum atomic E-state index is 13.3. The van der Waals surface area contributed by atoms with Crippen LogP contribution in [-0.2, 0) is 14.8 Å². The van der Waals surface area contributed by atoms with E-state index in [0.29, 0.717) is 42.6 Å². The van der Waals surface area contributed by atoms with Crippen molar-refractivity contribution in [2.75, 3.05) is 13.1 Å². The third kappa shape index (κ3) is 4.70. The van der Waals surface area contributed by atoms with Gasteiger partial charge in [-0.25, -0.2) is 8.42 Å². The Kier molecular flexibility index (Phi) is 6.24. The second-order valence-electron chi connectivity index (χ2n) is 9.17. The highest BCUT2D eigenvalue weighted by Gasteiger charge is 2.35. The van der Waals surface area contributed by atoms with Crippen LogP contribution in [0.5, 0.6) is 0 Å². The van der Waals surface area contributed by atoms with E-state index in [1.807, 2.05) is 20.8 Å². The standard InChI is InChI=1S/C21H30N4O4S2/c1-4-21(2,3)23-19(26)15-9-6-10-25(12-15)31(27,28)17-11-16(13-30-17)18-22-20(29-24-18)14-7-5-8-14/h11,13-15H,4-10,12H2,1-3H3,(H,23,26). The fourth-order valence-corrected chi connectivity index (χ4v) is 6.60. The highest BCUT2D eigenvalue weighted by molar-refractivity contribution is 7.91. The summed E-state index contributed by atoms with van der Waals surface area (Å²) < 4.78 is 33.5. The molecule has 1 amide bonds. The van der Waals surface area contributed by atoms with E-state index < -0.39 is 10.0 Å². The predicted molar refractivity (Wildman–Crippen MR) is 118 cm³/mol. The van der Waals surface area contributed by atoms with Crippen LogP contribution in [0, 0.1) is 5.92 Å². The lowest BCUT2D eigenvalue weighted by Gasteiger charge is -2.33. The quantitative estimate of drug-likeness (QED) is 0.666. The molecule has 1 atom stereocenters. The van der Waals surface area contributed by atoms with Crippen LogP contribution in [0.25, 0.3) is 11.4 Å². The minimum absolute atomic E-state index is 0.0751. The summed E-state index contributed by atoms with van der Waals surface area (Å²) in [5, 5.41) is 8.83. The average Bonchev–Trinajstić information content (AvgIpc) is 3.36. The molecule has 2 aromatic heterocycles. The van der Waals surface area contributed by atoms with Crippen molar-refractivity contribution in [2.45, 2.75) is 75.0 Å². The topological polar surface area (TPSA) is 105 Å². The number of aromatic nitrogens is 2. The fourth-order valence-electron chi connectivity index (χ4n) is 3.77. The van der Waals surface area contributed by atoms with Gasteiger partial charge >= 0.3 is 0 Å². The molecule has 2 aromatic rings. The first kappa shape index (κ1) is 22.4. The van der Waals surface area contributed by atoms with Crippen molar-refractivity contribution in [3.63, 3.8) is 0 Å². The van der Waals surface area contributed by atoms with Crippen molar-refractivity contribution in [2.24, 2.45) is 5.92 Å². The highest BCUT2D eigenvalue weighted by Crippen LogP contribution is 2.37. The van der Waals surface area contributed by atoms with Gasteiger partial charge in [0.25, 0.3) is 10.0 Å². The molecular weight excluding hydrogens is 436 g/mol. The zero-order valence-corrected chi connectivity index (χ0v) is 19.9. The van der Waals surface area contributed by atoms with Crippen molar-refractivity contribution in [1.82, 2.24) is 19.8 Å². The Bertz CT molecular complexity index is 1040. The molecule has 1 unspecified atom stereocenters. The van der Waals surface area contributed by atoms with Gasteiger partial charge in [0.1, 0.15) is 4.21 Å². The van der Waals surface area contributed by atoms with Crippen LogP contribution < -0.4 is 5.32 Å². The van der Waals surface area contributed by atoms with Crippen molar-refractivity contribution in [3.05, 3.63) is 17.3 Å². The molecule has 0 radical (unpaired) electrons. The minimum atomic E-state index is -3.68. The maximum absolute atomic E-state index is 13.3. The van der Waals surface area contributed by atoms with Gasteiger partial charge in [-0.1, -0.05) is 18.5 Å². The molecule has 0 spiro atoms. The van der Waals surface area contributed by atoms with Gasteiger partial charge in [-0.3, -0.25) is 4.79 Å². The van der Waals surface area contributed by atoms with Crippen molar-refractivity contribution in [3.8, 4) is 11.4 Å². The average molecular weight is 467 g/mol. The first-order chi connectivity index (χ1) is 14.7. The summed E-state index contributed by atoms with van der Waals surface area (Å²) in [6.45, 7) is 6.60. The summed E-state index contributed by atoms with van der Waals surface area (Å²) in [5.74, 6) is 0.983. The first-order valence-electron chi connectivity index (χ1n) is 10.9. The number of thiophene rings is 1. The highest BCUT2D eigenvalue weighted by atomic mass is 32.2. The summed E-state index contributed by atoms with van der Waals surface area (Å²) in [5.41, 5.74) is 0.345. The number of hydrogen-bond acceptors (Lipinski definition) is 7. The molecule has 4 rings (SSSR count). The van der Waals surface area contributed by atoms with E-state index in [1.165, 1.54) is 10.7 Å². The summed E-state index contributed by atoms with van der Waals surface area (Å²) in [6.07, 6.45) is 5.46. The number of sulfonamides is 1. The van der Waals surface area contributed by atoms with Crippen LogP contribution in [0.1, 0.15) is 71.1 Å². The molecule has 3 heterocycles. The number of amides is 1. The Hall–Kier alpha value is -1.78. The summed E-state index contributed by atoms with van der Waals surface area (Å²) in [4.78, 5) is 17.2. The van der Waals surface area contributed by atoms with E-state index in [-0.39, 0.29) is 28.1 Å². The number of nitrogens with zero attached hydrogens (tertiary/aromatic N) is 3. The molecule has 0 bridgehead atoms. The minimum Gasteiger partial charge on any atom is -0.351 e. The Labute approximate surface area is 187 Å². The molecule has 1 aliphatic heterocycles. The zero-order chi connectivity index (χ0) is 22.2. The Balaban J connectivity index is 1.47. The second kappa shape index (κ2) is 8.63. The van der Waals surface area contributed by atoms with E-state index in [4.69, 9.17) is 4.52 Å². The lowest BCUT2D eigenvalue weighted by molar-refractivity contribution is -0.127. The van der Waals surface area contributed by atoms with Gasteiger partial charge in [-0.15, -0.1) is 11.3 Å². The smallest absolute Gasteiger partial charge is 0.252 e. The monoisotopic (exact) mass is 466 g/mol. The number of carbonyl (C=O) groups excluding carboxylic acids is 1. The lowest BCUT2D eigenvalue weighted by Crippen LogP contribution is -2.50. The summed E-state index contributed by atoms with van der Waals surface area (Å²) in [6, 6.07) is 1.61. The molecule has 2 aliphatic rings. The normalized spacial score (nSPS) is 21.1. The van der Waals surface area contributed by atoms with E-state index in [2.05, 4.69) is 15.5 Å². The molecule has 1 N–H and O–H groups in total. The van der Waals surface area contributed by atoms with Crippen LogP contribution >= 0.6 is 11.3 Å². The van der Waals surface area contributed by atoms with Crippen molar-refractivity contribution in [1.29, 1.82) is 0 Å². The Morgan fingerprint density at radius 2 is 2.10 bits per heavy atom. The predicted octanol–water partition coefficient (Wildman–Crippen LogP) is 3.77. The van der Waals surface area contributed by atoms with E-state index in [1.54, 1.807) is 11.4 Å². The van der Waals surface area contributed by atoms with Crippen molar-refractivity contribution >= 4 is 27.3 Å². The van der Waals surface area contributed by atoms with Crippen LogP contribution in [0.3, 0.4) is 0 Å². The van der Waals surface area contributed by atoms with Gasteiger partial charge < -0.3 is 9.84 Å². The van der Waals surface area contributed by atoms with Crippen LogP contribution in [-0.4, -0.2) is 47.4 Å². The van der Waals surface area contributed by atoms with Gasteiger partial charge in [-0.2, -0.15) is 9.29 Å². The number of carbonyl (C=O) groups is 1. The third-order valence-electron chi connectivity index (χ3n) is 6.42. The molecular formula is C21H30N4O4S2. The van der Waals surface area contributed by atoms with Gasteiger partial charge in [0.2, 0.25) is 17.6 Å². The Morgan fingerprint density at radius 3 is 2.77 bits per heavy atom.